The highest BCUT2D eigenvalue weighted by Gasteiger charge is 2.17. The maximum Gasteiger partial charge on any atom is 0.360 e. The summed E-state index contributed by atoms with van der Waals surface area (Å²) in [5.74, 6) is -1.27. The van der Waals surface area contributed by atoms with Gasteiger partial charge in [-0.05, 0) is 11.1 Å². The summed E-state index contributed by atoms with van der Waals surface area (Å²) in [6.07, 6.45) is 0.460. The van der Waals surface area contributed by atoms with E-state index in [2.05, 4.69) is 15.5 Å². The normalized spacial score (nSPS) is 11.1. The Labute approximate surface area is 135 Å². The monoisotopic (exact) mass is 334 g/mol. The average molecular weight is 334 g/mol. The van der Waals surface area contributed by atoms with E-state index in [1.54, 1.807) is 0 Å². The van der Waals surface area contributed by atoms with Crippen molar-refractivity contribution in [3.05, 3.63) is 46.5 Å². The molecular weight excluding hydrogens is 320 g/mol. The van der Waals surface area contributed by atoms with Crippen LogP contribution in [0.1, 0.15) is 16.8 Å². The summed E-state index contributed by atoms with van der Waals surface area (Å²) in [4.78, 5) is 30.6. The zero-order chi connectivity index (χ0) is 16.7. The van der Waals surface area contributed by atoms with E-state index in [1.165, 1.54) is 5.38 Å². The molecule has 0 atom stereocenters. The summed E-state index contributed by atoms with van der Waals surface area (Å²) >= 11 is 1.09. The van der Waals surface area contributed by atoms with Gasteiger partial charge in [0.2, 0.25) is 12.1 Å². The smallest absolute Gasteiger partial charge is 0.360 e. The number of rotatable bonds is 8. The molecule has 1 aromatic heterocycles. The molecule has 1 amide bonds. The summed E-state index contributed by atoms with van der Waals surface area (Å²) in [6, 6.07) is 7.37. The summed E-state index contributed by atoms with van der Waals surface area (Å²) in [7, 11) is 0. The van der Waals surface area contributed by atoms with Crippen LogP contribution in [0.25, 0.3) is 0 Å². The number of oxime groups is 1. The Morgan fingerprint density at radius 3 is 2.70 bits per heavy atom. The van der Waals surface area contributed by atoms with Gasteiger partial charge < -0.3 is 21.0 Å². The molecule has 0 saturated carbocycles. The van der Waals surface area contributed by atoms with Crippen LogP contribution in [0.4, 0.5) is 5.13 Å². The van der Waals surface area contributed by atoms with Crippen LogP contribution in [0, 0.1) is 0 Å². The Kier molecular flexibility index (Phi) is 5.78. The maximum absolute atomic E-state index is 11.2. The standard InChI is InChI=1S/C14H14N4O4S/c15-5-9-1-3-10(4-2-9)6-22-18-12(13(20)21)11-7-23-14(17-11)16-8-19/h1-4,7-8H,5-6,15H2,(H,20,21)(H,16,17,19)/b18-12-. The summed E-state index contributed by atoms with van der Waals surface area (Å²) < 4.78 is 0. The Morgan fingerprint density at radius 1 is 1.39 bits per heavy atom. The molecular formula is C14H14N4O4S. The van der Waals surface area contributed by atoms with Crippen LogP contribution in [-0.2, 0) is 27.6 Å². The minimum atomic E-state index is -1.27. The molecule has 4 N–H and O–H groups in total. The molecule has 0 aliphatic heterocycles. The fourth-order valence-corrected chi connectivity index (χ4v) is 2.29. The Balaban J connectivity index is 2.05. The third-order valence-corrected chi connectivity index (χ3v) is 3.55. The molecule has 0 saturated heterocycles. The average Bonchev–Trinajstić information content (AvgIpc) is 3.00. The van der Waals surface area contributed by atoms with Crippen LogP contribution in [0.5, 0.6) is 0 Å². The number of carboxylic acids is 1. The lowest BCUT2D eigenvalue weighted by molar-refractivity contribution is -0.129. The van der Waals surface area contributed by atoms with Crippen molar-refractivity contribution in [2.75, 3.05) is 5.32 Å². The fourth-order valence-electron chi connectivity index (χ4n) is 1.64. The number of aromatic nitrogens is 1. The van der Waals surface area contributed by atoms with E-state index < -0.39 is 5.97 Å². The minimum absolute atomic E-state index is 0.116. The second-order valence-electron chi connectivity index (χ2n) is 4.34. The topological polar surface area (TPSA) is 127 Å². The van der Waals surface area contributed by atoms with E-state index in [1.807, 2.05) is 24.3 Å². The van der Waals surface area contributed by atoms with Crippen LogP contribution in [0.3, 0.4) is 0 Å². The lowest BCUT2D eigenvalue weighted by Gasteiger charge is -2.03. The lowest BCUT2D eigenvalue weighted by atomic mass is 10.1. The molecule has 0 bridgehead atoms. The number of nitrogens with one attached hydrogen (secondary N) is 1. The molecule has 0 aliphatic carbocycles. The van der Waals surface area contributed by atoms with Crippen LogP contribution in [-0.4, -0.2) is 28.2 Å². The number of anilines is 1. The number of carbonyl (C=O) groups excluding carboxylic acids is 1. The molecule has 0 unspecified atom stereocenters. The van der Waals surface area contributed by atoms with Gasteiger partial charge in [0, 0.05) is 11.9 Å². The van der Waals surface area contributed by atoms with Crippen molar-refractivity contribution in [2.24, 2.45) is 10.9 Å². The van der Waals surface area contributed by atoms with Crippen molar-refractivity contribution < 1.29 is 19.5 Å². The van der Waals surface area contributed by atoms with Crippen LogP contribution in [0.15, 0.2) is 34.8 Å². The predicted molar refractivity (Wildman–Crippen MR) is 85.1 cm³/mol. The van der Waals surface area contributed by atoms with E-state index in [-0.39, 0.29) is 23.1 Å². The van der Waals surface area contributed by atoms with Gasteiger partial charge in [0.05, 0.1) is 0 Å². The number of thiazole rings is 1. The van der Waals surface area contributed by atoms with Crippen molar-refractivity contribution in [1.29, 1.82) is 0 Å². The lowest BCUT2D eigenvalue weighted by Crippen LogP contribution is -2.15. The molecule has 8 nitrogen and oxygen atoms in total. The molecule has 9 heteroatoms. The summed E-state index contributed by atoms with van der Waals surface area (Å²) in [5.41, 5.74) is 7.11. The Morgan fingerprint density at radius 2 is 2.09 bits per heavy atom. The second-order valence-corrected chi connectivity index (χ2v) is 5.20. The molecule has 2 rings (SSSR count). The molecule has 1 heterocycles. The number of carbonyl (C=O) groups is 2. The van der Waals surface area contributed by atoms with E-state index in [0.717, 1.165) is 22.5 Å². The summed E-state index contributed by atoms with van der Waals surface area (Å²) in [6.45, 7) is 0.564. The number of aliphatic carboxylic acids is 1. The SMILES string of the molecule is NCc1ccc(CO/N=C(\C(=O)O)c2csc(NC=O)n2)cc1. The van der Waals surface area contributed by atoms with Gasteiger partial charge in [0.15, 0.2) is 5.13 Å². The van der Waals surface area contributed by atoms with Crippen molar-refractivity contribution in [3.63, 3.8) is 0 Å². The number of amides is 1. The first-order chi connectivity index (χ1) is 11.1. The highest BCUT2D eigenvalue weighted by molar-refractivity contribution is 7.14. The minimum Gasteiger partial charge on any atom is -0.476 e. The van der Waals surface area contributed by atoms with Crippen LogP contribution >= 0.6 is 11.3 Å². The van der Waals surface area contributed by atoms with Crippen molar-refractivity contribution in [3.8, 4) is 0 Å². The first-order valence-electron chi connectivity index (χ1n) is 6.51. The number of hydrogen-bond donors (Lipinski definition) is 3. The van der Waals surface area contributed by atoms with Gasteiger partial charge in [0.1, 0.15) is 12.3 Å². The Bertz CT molecular complexity index is 712. The maximum atomic E-state index is 11.2. The van der Waals surface area contributed by atoms with Gasteiger partial charge in [-0.3, -0.25) is 4.79 Å². The molecule has 0 spiro atoms. The zero-order valence-electron chi connectivity index (χ0n) is 11.9. The van der Waals surface area contributed by atoms with Gasteiger partial charge in [-0.2, -0.15) is 0 Å². The number of hydrogen-bond acceptors (Lipinski definition) is 7. The van der Waals surface area contributed by atoms with E-state index in [4.69, 9.17) is 10.6 Å². The van der Waals surface area contributed by atoms with Crippen LogP contribution < -0.4 is 11.1 Å². The molecule has 0 aliphatic rings. The van der Waals surface area contributed by atoms with E-state index >= 15 is 0 Å². The zero-order valence-corrected chi connectivity index (χ0v) is 12.7. The molecule has 0 fully saturated rings. The largest absolute Gasteiger partial charge is 0.476 e. The quantitative estimate of drug-likeness (QED) is 0.378. The number of carboxylic acid groups (broad SMARTS) is 1. The number of benzene rings is 1. The molecule has 0 radical (unpaired) electrons. The van der Waals surface area contributed by atoms with Gasteiger partial charge in [0.25, 0.3) is 0 Å². The Hall–Kier alpha value is -2.78. The highest BCUT2D eigenvalue weighted by Crippen LogP contribution is 2.16. The van der Waals surface area contributed by atoms with Crippen molar-refractivity contribution in [2.45, 2.75) is 13.2 Å². The number of nitrogens with two attached hydrogens (primary N) is 1. The first kappa shape index (κ1) is 16.6. The molecule has 2 aromatic rings. The number of nitrogens with zero attached hydrogens (tertiary/aromatic N) is 2. The van der Waals surface area contributed by atoms with Gasteiger partial charge in [-0.25, -0.2) is 9.78 Å². The first-order valence-corrected chi connectivity index (χ1v) is 7.39. The highest BCUT2D eigenvalue weighted by atomic mass is 32.1. The molecule has 1 aromatic carbocycles. The van der Waals surface area contributed by atoms with Gasteiger partial charge >= 0.3 is 5.97 Å². The second kappa shape index (κ2) is 8.01. The molecule has 120 valence electrons. The van der Waals surface area contributed by atoms with Gasteiger partial charge in [-0.1, -0.05) is 29.4 Å². The van der Waals surface area contributed by atoms with Crippen molar-refractivity contribution in [1.82, 2.24) is 4.98 Å². The van der Waals surface area contributed by atoms with E-state index in [0.29, 0.717) is 13.0 Å². The predicted octanol–water partition coefficient (Wildman–Crippen LogP) is 1.18. The molecule has 23 heavy (non-hydrogen) atoms. The van der Waals surface area contributed by atoms with E-state index in [9.17, 15) is 14.7 Å². The fraction of sp³-hybridized carbons (Fsp3) is 0.143. The van der Waals surface area contributed by atoms with Gasteiger partial charge in [-0.15, -0.1) is 11.3 Å². The third kappa shape index (κ3) is 4.59. The van der Waals surface area contributed by atoms with Crippen molar-refractivity contribution >= 4 is 34.6 Å². The third-order valence-electron chi connectivity index (χ3n) is 2.78. The summed E-state index contributed by atoms with van der Waals surface area (Å²) in [5, 5.41) is 16.9. The van der Waals surface area contributed by atoms with Crippen LogP contribution in [0.2, 0.25) is 0 Å².